The van der Waals surface area contributed by atoms with Gasteiger partial charge in [0.1, 0.15) is 19.0 Å². The van der Waals surface area contributed by atoms with Crippen LogP contribution < -0.4 is 5.32 Å². The SMILES string of the molecule is CC(=O)OC[C@@H]1O[C@@H](n2cnc3c(N[C@@H]4CCOC4)ncnc32)[C@@H](OC(C)=O)[C@@H]1CC(=O)O. The third-order valence-electron chi connectivity index (χ3n) is 5.56. The third kappa shape index (κ3) is 5.03. The maximum Gasteiger partial charge on any atom is 0.303 e. The van der Waals surface area contributed by atoms with Crippen LogP contribution in [0, 0.1) is 5.92 Å². The van der Waals surface area contributed by atoms with Crippen molar-refractivity contribution in [2.24, 2.45) is 5.92 Å². The molecule has 13 heteroatoms. The van der Waals surface area contributed by atoms with Gasteiger partial charge < -0.3 is 29.4 Å². The van der Waals surface area contributed by atoms with Crippen molar-refractivity contribution in [2.75, 3.05) is 25.1 Å². The van der Waals surface area contributed by atoms with Gasteiger partial charge in [-0.1, -0.05) is 0 Å². The summed E-state index contributed by atoms with van der Waals surface area (Å²) in [5, 5.41) is 12.7. The third-order valence-corrected chi connectivity index (χ3v) is 5.56. The normalized spacial score (nSPS) is 26.9. The monoisotopic (exact) mass is 463 g/mol. The Morgan fingerprint density at radius 1 is 1.24 bits per heavy atom. The first kappa shape index (κ1) is 22.9. The van der Waals surface area contributed by atoms with E-state index in [4.69, 9.17) is 18.9 Å². The van der Waals surface area contributed by atoms with Crippen LogP contribution >= 0.6 is 0 Å². The molecular weight excluding hydrogens is 438 g/mol. The van der Waals surface area contributed by atoms with E-state index < -0.39 is 42.3 Å². The molecule has 0 spiro atoms. The van der Waals surface area contributed by atoms with Gasteiger partial charge in [-0.15, -0.1) is 0 Å². The Morgan fingerprint density at radius 2 is 2.06 bits per heavy atom. The molecule has 2 aliphatic rings. The van der Waals surface area contributed by atoms with Gasteiger partial charge in [-0.25, -0.2) is 15.0 Å². The summed E-state index contributed by atoms with van der Waals surface area (Å²) in [5.74, 6) is -2.47. The van der Waals surface area contributed by atoms with Gasteiger partial charge in [-0.3, -0.25) is 19.0 Å². The van der Waals surface area contributed by atoms with Crippen LogP contribution in [0.1, 0.15) is 32.9 Å². The lowest BCUT2D eigenvalue weighted by Gasteiger charge is -2.23. The number of fused-ring (bicyclic) bond motifs is 1. The molecule has 178 valence electrons. The van der Waals surface area contributed by atoms with Crippen LogP contribution in [0.25, 0.3) is 11.2 Å². The lowest BCUT2D eigenvalue weighted by molar-refractivity contribution is -0.155. The first-order valence-electron chi connectivity index (χ1n) is 10.5. The molecule has 2 aromatic heterocycles. The Balaban J connectivity index is 1.68. The Labute approximate surface area is 188 Å². The lowest BCUT2D eigenvalue weighted by Crippen LogP contribution is -2.34. The molecule has 2 fully saturated rings. The number of imidazole rings is 1. The van der Waals surface area contributed by atoms with Gasteiger partial charge in [-0.05, 0) is 6.42 Å². The molecule has 0 bridgehead atoms. The van der Waals surface area contributed by atoms with Crippen LogP contribution in [0.3, 0.4) is 0 Å². The predicted octanol–water partition coefficient (Wildman–Crippen LogP) is 0.510. The van der Waals surface area contributed by atoms with Gasteiger partial charge >= 0.3 is 17.9 Å². The van der Waals surface area contributed by atoms with E-state index in [9.17, 15) is 19.5 Å². The van der Waals surface area contributed by atoms with Crippen LogP contribution in [0.5, 0.6) is 0 Å². The molecule has 2 saturated heterocycles. The van der Waals surface area contributed by atoms with Gasteiger partial charge in [-0.2, -0.15) is 0 Å². The molecule has 0 radical (unpaired) electrons. The summed E-state index contributed by atoms with van der Waals surface area (Å²) in [6, 6.07) is 0.0952. The highest BCUT2D eigenvalue weighted by atomic mass is 16.6. The van der Waals surface area contributed by atoms with Crippen molar-refractivity contribution in [3.63, 3.8) is 0 Å². The summed E-state index contributed by atoms with van der Waals surface area (Å²) < 4.78 is 23.6. The summed E-state index contributed by atoms with van der Waals surface area (Å²) >= 11 is 0. The number of carboxylic acids is 1. The summed E-state index contributed by atoms with van der Waals surface area (Å²) in [5.41, 5.74) is 0.892. The van der Waals surface area contributed by atoms with E-state index in [1.165, 1.54) is 26.5 Å². The van der Waals surface area contributed by atoms with Crippen LogP contribution in [-0.2, 0) is 33.3 Å². The van der Waals surface area contributed by atoms with Crippen molar-refractivity contribution in [1.82, 2.24) is 19.5 Å². The molecule has 13 nitrogen and oxygen atoms in total. The van der Waals surface area contributed by atoms with E-state index in [2.05, 4.69) is 20.3 Å². The summed E-state index contributed by atoms with van der Waals surface area (Å²) in [6.45, 7) is 3.51. The summed E-state index contributed by atoms with van der Waals surface area (Å²) in [7, 11) is 0. The molecule has 2 aliphatic heterocycles. The standard InChI is InChI=1S/C20H25N5O8/c1-10(26)31-7-14-13(5-15(28)29)17(32-11(2)27)20(33-14)25-9-23-16-18(21-8-22-19(16)25)24-12-3-4-30-6-12/h8-9,12-14,17,20H,3-7H2,1-2H3,(H,28,29)(H,21,22,24)/t12-,13-,14+,17+,20-/m1/s1. The molecular formula is C20H25N5O8. The van der Waals surface area contributed by atoms with Gasteiger partial charge in [0, 0.05) is 26.4 Å². The average Bonchev–Trinajstić information content (AvgIpc) is 3.47. The molecule has 0 aliphatic carbocycles. The number of anilines is 1. The van der Waals surface area contributed by atoms with Crippen molar-refractivity contribution in [2.45, 2.75) is 51.2 Å². The number of rotatable bonds is 8. The van der Waals surface area contributed by atoms with E-state index >= 15 is 0 Å². The molecule has 5 atom stereocenters. The number of nitrogens with zero attached hydrogens (tertiary/aromatic N) is 4. The number of aliphatic carboxylic acids is 1. The van der Waals surface area contributed by atoms with Gasteiger partial charge in [0.15, 0.2) is 29.3 Å². The number of esters is 2. The maximum absolute atomic E-state index is 11.8. The number of hydrogen-bond donors (Lipinski definition) is 2. The summed E-state index contributed by atoms with van der Waals surface area (Å²) in [4.78, 5) is 47.7. The molecule has 0 aromatic carbocycles. The molecule has 4 rings (SSSR count). The van der Waals surface area contributed by atoms with Crippen molar-refractivity contribution < 1.29 is 38.4 Å². The van der Waals surface area contributed by atoms with Crippen molar-refractivity contribution in [1.29, 1.82) is 0 Å². The second kappa shape index (κ2) is 9.67. The fourth-order valence-electron chi connectivity index (χ4n) is 4.14. The molecule has 2 N–H and O–H groups in total. The molecule has 33 heavy (non-hydrogen) atoms. The first-order valence-corrected chi connectivity index (χ1v) is 10.5. The van der Waals surface area contributed by atoms with Gasteiger partial charge in [0.25, 0.3) is 0 Å². The van der Waals surface area contributed by atoms with E-state index in [-0.39, 0.29) is 19.1 Å². The highest BCUT2D eigenvalue weighted by Crippen LogP contribution is 2.40. The lowest BCUT2D eigenvalue weighted by atomic mass is 9.94. The largest absolute Gasteiger partial charge is 0.481 e. The van der Waals surface area contributed by atoms with E-state index in [0.29, 0.717) is 30.2 Å². The Kier molecular flexibility index (Phi) is 6.70. The van der Waals surface area contributed by atoms with Crippen molar-refractivity contribution in [3.8, 4) is 0 Å². The van der Waals surface area contributed by atoms with E-state index in [1.807, 2.05) is 0 Å². The number of carbonyl (C=O) groups is 3. The number of carboxylic acid groups (broad SMARTS) is 1. The van der Waals surface area contributed by atoms with E-state index in [0.717, 1.165) is 6.42 Å². The fourth-order valence-corrected chi connectivity index (χ4v) is 4.14. The second-order valence-corrected chi connectivity index (χ2v) is 7.95. The molecule has 2 aromatic rings. The highest BCUT2D eigenvalue weighted by Gasteiger charge is 2.49. The topological polar surface area (TPSA) is 164 Å². The first-order chi connectivity index (χ1) is 15.8. The zero-order chi connectivity index (χ0) is 23.5. The zero-order valence-corrected chi connectivity index (χ0v) is 18.2. The number of ether oxygens (including phenoxy) is 4. The quantitative estimate of drug-likeness (QED) is 0.522. The minimum Gasteiger partial charge on any atom is -0.481 e. The molecule has 0 unspecified atom stereocenters. The van der Waals surface area contributed by atoms with Crippen LogP contribution in [0.15, 0.2) is 12.7 Å². The van der Waals surface area contributed by atoms with E-state index in [1.54, 1.807) is 4.57 Å². The van der Waals surface area contributed by atoms with Crippen LogP contribution in [-0.4, -0.2) is 80.6 Å². The second-order valence-electron chi connectivity index (χ2n) is 7.95. The highest BCUT2D eigenvalue weighted by molar-refractivity contribution is 5.83. The maximum atomic E-state index is 11.8. The fraction of sp³-hybridized carbons (Fsp3) is 0.600. The predicted molar refractivity (Wildman–Crippen MR) is 110 cm³/mol. The molecule has 0 amide bonds. The Hall–Kier alpha value is -3.32. The smallest absolute Gasteiger partial charge is 0.303 e. The van der Waals surface area contributed by atoms with Crippen molar-refractivity contribution >= 4 is 34.9 Å². The number of nitrogens with one attached hydrogen (secondary N) is 1. The average molecular weight is 463 g/mol. The Morgan fingerprint density at radius 3 is 2.73 bits per heavy atom. The van der Waals surface area contributed by atoms with Crippen LogP contribution in [0.2, 0.25) is 0 Å². The van der Waals surface area contributed by atoms with Gasteiger partial charge in [0.05, 0.1) is 25.4 Å². The molecule has 4 heterocycles. The van der Waals surface area contributed by atoms with Crippen molar-refractivity contribution in [3.05, 3.63) is 12.7 Å². The van der Waals surface area contributed by atoms with Crippen LogP contribution in [0.4, 0.5) is 5.82 Å². The minimum atomic E-state index is -1.10. The molecule has 0 saturated carbocycles. The van der Waals surface area contributed by atoms with Gasteiger partial charge in [0.2, 0.25) is 0 Å². The zero-order valence-electron chi connectivity index (χ0n) is 18.2. The minimum absolute atomic E-state index is 0.0952. The summed E-state index contributed by atoms with van der Waals surface area (Å²) in [6.07, 6.45) is 0.624. The Bertz CT molecular complexity index is 1040. The number of carbonyl (C=O) groups excluding carboxylic acids is 2. The number of aromatic nitrogens is 4. The number of hydrogen-bond acceptors (Lipinski definition) is 11.